The molecule has 0 unspecified atom stereocenters. The quantitative estimate of drug-likeness (QED) is 0.855. The lowest BCUT2D eigenvalue weighted by molar-refractivity contribution is 0.00301. The molecule has 6 heteroatoms. The van der Waals surface area contributed by atoms with Crippen LogP contribution in [0, 0.1) is 20.8 Å². The lowest BCUT2D eigenvalue weighted by Gasteiger charge is -2.37. The summed E-state index contributed by atoms with van der Waals surface area (Å²) in [6.07, 6.45) is 1.11. The first-order valence-corrected chi connectivity index (χ1v) is 9.13. The van der Waals surface area contributed by atoms with Crippen LogP contribution in [0.2, 0.25) is 0 Å². The molecule has 2 saturated heterocycles. The molecule has 138 valence electrons. The number of amides is 2. The average molecular weight is 355 g/mol. The van der Waals surface area contributed by atoms with Gasteiger partial charge in [-0.3, -0.25) is 4.79 Å². The van der Waals surface area contributed by atoms with Crippen LogP contribution in [0.3, 0.4) is 0 Å². The SMILES string of the molecule is Cc1ccc(C)c2c(C)c(C(=O)N3CCC4(CC3)CN(C)C(=O)O4)[nH]c12. The van der Waals surface area contributed by atoms with Gasteiger partial charge in [0.1, 0.15) is 11.3 Å². The van der Waals surface area contributed by atoms with Gasteiger partial charge in [0.15, 0.2) is 0 Å². The first-order valence-electron chi connectivity index (χ1n) is 9.13. The number of ether oxygens (including phenoxy) is 1. The average Bonchev–Trinajstić information content (AvgIpc) is 3.09. The molecule has 0 atom stereocenters. The van der Waals surface area contributed by atoms with E-state index in [2.05, 4.69) is 31.0 Å². The molecule has 4 rings (SSSR count). The van der Waals surface area contributed by atoms with Crippen molar-refractivity contribution >= 4 is 22.9 Å². The second-order valence-electron chi connectivity index (χ2n) is 7.77. The maximum absolute atomic E-state index is 13.1. The number of nitrogens with one attached hydrogen (secondary N) is 1. The molecule has 26 heavy (non-hydrogen) atoms. The van der Waals surface area contributed by atoms with Crippen LogP contribution in [-0.2, 0) is 4.74 Å². The van der Waals surface area contributed by atoms with E-state index in [1.807, 2.05) is 11.8 Å². The second kappa shape index (κ2) is 5.76. The Labute approximate surface area is 153 Å². The van der Waals surface area contributed by atoms with Crippen LogP contribution in [0.1, 0.15) is 40.0 Å². The topological polar surface area (TPSA) is 65.6 Å². The van der Waals surface area contributed by atoms with Gasteiger partial charge in [-0.15, -0.1) is 0 Å². The number of benzene rings is 1. The number of likely N-dealkylation sites (tertiary alicyclic amines) is 1. The molecule has 6 nitrogen and oxygen atoms in total. The van der Waals surface area contributed by atoms with Crippen LogP contribution in [-0.4, -0.2) is 59.1 Å². The predicted molar refractivity (Wildman–Crippen MR) is 99.5 cm³/mol. The van der Waals surface area contributed by atoms with Crippen LogP contribution < -0.4 is 0 Å². The predicted octanol–water partition coefficient (Wildman–Crippen LogP) is 3.15. The normalized spacial score (nSPS) is 19.5. The van der Waals surface area contributed by atoms with E-state index in [4.69, 9.17) is 4.74 Å². The molecule has 2 aliphatic rings. The summed E-state index contributed by atoms with van der Waals surface area (Å²) >= 11 is 0. The second-order valence-corrected chi connectivity index (χ2v) is 7.77. The number of H-pyrrole nitrogens is 1. The summed E-state index contributed by atoms with van der Waals surface area (Å²) in [6, 6.07) is 4.18. The number of aromatic amines is 1. The van der Waals surface area contributed by atoms with E-state index in [0.717, 1.165) is 22.0 Å². The summed E-state index contributed by atoms with van der Waals surface area (Å²) in [6.45, 7) is 7.96. The zero-order chi connectivity index (χ0) is 18.6. The van der Waals surface area contributed by atoms with Crippen LogP contribution in [0.15, 0.2) is 12.1 Å². The minimum absolute atomic E-state index is 0.0324. The molecular weight excluding hydrogens is 330 g/mol. The fourth-order valence-corrected chi connectivity index (χ4v) is 4.34. The molecule has 0 bridgehead atoms. The van der Waals surface area contributed by atoms with Crippen molar-refractivity contribution in [1.82, 2.24) is 14.8 Å². The van der Waals surface area contributed by atoms with E-state index in [1.54, 1.807) is 11.9 Å². The third-order valence-corrected chi connectivity index (χ3v) is 5.94. The van der Waals surface area contributed by atoms with E-state index in [9.17, 15) is 9.59 Å². The van der Waals surface area contributed by atoms with Gasteiger partial charge in [0.2, 0.25) is 0 Å². The Bertz CT molecular complexity index is 907. The lowest BCUT2D eigenvalue weighted by Crippen LogP contribution is -2.48. The molecule has 0 radical (unpaired) electrons. The summed E-state index contributed by atoms with van der Waals surface area (Å²) < 4.78 is 5.58. The van der Waals surface area contributed by atoms with E-state index in [0.29, 0.717) is 38.2 Å². The Hall–Kier alpha value is -2.50. The molecule has 2 aliphatic heterocycles. The largest absolute Gasteiger partial charge is 0.441 e. The van der Waals surface area contributed by atoms with Crippen LogP contribution in [0.25, 0.3) is 10.9 Å². The Morgan fingerprint density at radius 3 is 2.38 bits per heavy atom. The standard InChI is InChI=1S/C20H25N3O3/c1-12-5-6-13(2)16-15(12)14(3)17(21-16)18(24)23-9-7-20(8-10-23)11-22(4)19(25)26-20/h5-6,21H,7-11H2,1-4H3. The van der Waals surface area contributed by atoms with E-state index in [-0.39, 0.29) is 12.0 Å². The number of carbonyl (C=O) groups excluding carboxylic acids is 2. The maximum atomic E-state index is 13.1. The Morgan fingerprint density at radius 1 is 1.15 bits per heavy atom. The van der Waals surface area contributed by atoms with Gasteiger partial charge in [-0.25, -0.2) is 4.79 Å². The third-order valence-electron chi connectivity index (χ3n) is 5.94. The molecule has 0 saturated carbocycles. The van der Waals surface area contributed by atoms with Gasteiger partial charge in [0, 0.05) is 43.9 Å². The number of likely N-dealkylation sites (N-methyl/N-ethyl adjacent to an activating group) is 1. The first kappa shape index (κ1) is 16.9. The molecule has 1 spiro atoms. The number of rotatable bonds is 1. The molecule has 1 aromatic carbocycles. The smallest absolute Gasteiger partial charge is 0.410 e. The van der Waals surface area contributed by atoms with E-state index >= 15 is 0 Å². The highest BCUT2D eigenvalue weighted by Gasteiger charge is 2.46. The van der Waals surface area contributed by atoms with Crippen molar-refractivity contribution in [2.45, 2.75) is 39.2 Å². The van der Waals surface area contributed by atoms with Crippen LogP contribution >= 0.6 is 0 Å². The Balaban J connectivity index is 1.57. The van der Waals surface area contributed by atoms with Gasteiger partial charge in [-0.1, -0.05) is 12.1 Å². The van der Waals surface area contributed by atoms with E-state index in [1.165, 1.54) is 5.56 Å². The molecule has 0 aliphatic carbocycles. The minimum Gasteiger partial charge on any atom is -0.441 e. The van der Waals surface area contributed by atoms with Gasteiger partial charge in [-0.05, 0) is 37.5 Å². The molecule has 3 heterocycles. The van der Waals surface area contributed by atoms with Crippen molar-refractivity contribution in [1.29, 1.82) is 0 Å². The highest BCUT2D eigenvalue weighted by atomic mass is 16.6. The molecule has 2 amide bonds. The highest BCUT2D eigenvalue weighted by Crippen LogP contribution is 2.34. The van der Waals surface area contributed by atoms with Gasteiger partial charge >= 0.3 is 6.09 Å². The molecular formula is C20H25N3O3. The third kappa shape index (κ3) is 2.47. The van der Waals surface area contributed by atoms with Gasteiger partial charge in [0.05, 0.1) is 6.54 Å². The highest BCUT2D eigenvalue weighted by molar-refractivity contribution is 6.02. The van der Waals surface area contributed by atoms with Crippen molar-refractivity contribution in [3.05, 3.63) is 34.5 Å². The monoisotopic (exact) mass is 355 g/mol. The minimum atomic E-state index is -0.425. The Kier molecular flexibility index (Phi) is 3.75. The van der Waals surface area contributed by atoms with E-state index < -0.39 is 5.60 Å². The number of carbonyl (C=O) groups is 2. The number of nitrogens with zero attached hydrogens (tertiary/aromatic N) is 2. The number of fused-ring (bicyclic) bond motifs is 1. The van der Waals surface area contributed by atoms with Crippen molar-refractivity contribution in [2.75, 3.05) is 26.7 Å². The van der Waals surface area contributed by atoms with Crippen LogP contribution in [0.4, 0.5) is 4.79 Å². The molecule has 1 aromatic heterocycles. The number of hydrogen-bond acceptors (Lipinski definition) is 3. The summed E-state index contributed by atoms with van der Waals surface area (Å²) in [5, 5.41) is 1.15. The zero-order valence-electron chi connectivity index (χ0n) is 15.8. The summed E-state index contributed by atoms with van der Waals surface area (Å²) in [5.41, 5.74) is 4.63. The van der Waals surface area contributed by atoms with Gasteiger partial charge in [-0.2, -0.15) is 0 Å². The lowest BCUT2D eigenvalue weighted by atomic mass is 9.91. The fraction of sp³-hybridized carbons (Fsp3) is 0.500. The number of aromatic nitrogens is 1. The first-order chi connectivity index (χ1) is 12.3. The maximum Gasteiger partial charge on any atom is 0.410 e. The summed E-state index contributed by atoms with van der Waals surface area (Å²) in [4.78, 5) is 31.7. The number of aryl methyl sites for hydroxylation is 3. The number of piperidine rings is 1. The van der Waals surface area contributed by atoms with Crippen molar-refractivity contribution < 1.29 is 14.3 Å². The van der Waals surface area contributed by atoms with Gasteiger partial charge < -0.3 is 19.5 Å². The zero-order valence-corrected chi connectivity index (χ0v) is 15.8. The number of hydrogen-bond donors (Lipinski definition) is 1. The van der Waals surface area contributed by atoms with Crippen molar-refractivity contribution in [2.24, 2.45) is 0 Å². The fourth-order valence-electron chi connectivity index (χ4n) is 4.34. The Morgan fingerprint density at radius 2 is 1.81 bits per heavy atom. The summed E-state index contributed by atoms with van der Waals surface area (Å²) in [7, 11) is 1.76. The van der Waals surface area contributed by atoms with Crippen molar-refractivity contribution in [3.8, 4) is 0 Å². The molecule has 2 fully saturated rings. The van der Waals surface area contributed by atoms with Crippen LogP contribution in [0.5, 0.6) is 0 Å². The van der Waals surface area contributed by atoms with Crippen molar-refractivity contribution in [3.63, 3.8) is 0 Å². The molecule has 1 N–H and O–H groups in total. The van der Waals surface area contributed by atoms with Gasteiger partial charge in [0.25, 0.3) is 5.91 Å². The molecule has 2 aromatic rings. The summed E-state index contributed by atoms with van der Waals surface area (Å²) in [5.74, 6) is 0.0324.